The molecule has 0 bridgehead atoms. The van der Waals surface area contributed by atoms with Crippen LogP contribution in [0.5, 0.6) is 0 Å². The van der Waals surface area contributed by atoms with Crippen LogP contribution in [0.4, 0.5) is 0 Å². The number of aromatic carboxylic acids is 1. The minimum Gasteiger partial charge on any atom is -0.478 e. The van der Waals surface area contributed by atoms with Crippen molar-refractivity contribution in [2.24, 2.45) is 5.92 Å². The lowest BCUT2D eigenvalue weighted by Crippen LogP contribution is -2.46. The van der Waals surface area contributed by atoms with Crippen molar-refractivity contribution in [3.8, 4) is 0 Å². The fraction of sp³-hybridized carbons (Fsp3) is 0.588. The van der Waals surface area contributed by atoms with Crippen LogP contribution in [0.25, 0.3) is 0 Å². The van der Waals surface area contributed by atoms with Crippen LogP contribution in [-0.2, 0) is 6.54 Å². The summed E-state index contributed by atoms with van der Waals surface area (Å²) in [4.78, 5) is 13.5. The lowest BCUT2D eigenvalue weighted by Gasteiger charge is -2.44. The van der Waals surface area contributed by atoms with Gasteiger partial charge in [-0.2, -0.15) is 0 Å². The summed E-state index contributed by atoms with van der Waals surface area (Å²) in [5, 5.41) is 9.58. The van der Waals surface area contributed by atoms with Crippen molar-refractivity contribution in [2.75, 3.05) is 6.54 Å². The van der Waals surface area contributed by atoms with Gasteiger partial charge < -0.3 is 5.11 Å². The highest BCUT2D eigenvalue weighted by Crippen LogP contribution is 2.36. The van der Waals surface area contributed by atoms with Gasteiger partial charge in [0.05, 0.1) is 5.56 Å². The Labute approximate surface area is 130 Å². The van der Waals surface area contributed by atoms with E-state index in [0.717, 1.165) is 24.6 Å². The van der Waals surface area contributed by atoms with E-state index in [1.807, 2.05) is 6.07 Å². The van der Waals surface area contributed by atoms with E-state index in [-0.39, 0.29) is 5.56 Å². The van der Waals surface area contributed by atoms with Crippen molar-refractivity contribution in [2.45, 2.75) is 51.1 Å². The average molecular weight is 308 g/mol. The summed E-state index contributed by atoms with van der Waals surface area (Å²) in [6.07, 6.45) is 8.02. The first-order valence-corrected chi connectivity index (χ1v) is 8.28. The number of carboxylic acid groups (broad SMARTS) is 1. The molecule has 3 nitrogen and oxygen atoms in total. The van der Waals surface area contributed by atoms with Gasteiger partial charge in [-0.3, -0.25) is 4.90 Å². The topological polar surface area (TPSA) is 40.5 Å². The molecule has 2 unspecified atom stereocenters. The number of halogens is 1. The molecule has 1 aliphatic heterocycles. The molecule has 1 aromatic carbocycles. The van der Waals surface area contributed by atoms with E-state index in [0.29, 0.717) is 11.1 Å². The number of hydrogen-bond donors (Lipinski definition) is 1. The van der Waals surface area contributed by atoms with Gasteiger partial charge in [0.2, 0.25) is 0 Å². The van der Waals surface area contributed by atoms with Crippen LogP contribution in [-0.4, -0.2) is 28.6 Å². The van der Waals surface area contributed by atoms with Gasteiger partial charge in [0.15, 0.2) is 0 Å². The molecule has 1 aliphatic carbocycles. The molecular weight excluding hydrogens is 286 g/mol. The molecule has 2 fully saturated rings. The third-order valence-corrected chi connectivity index (χ3v) is 5.38. The molecule has 0 spiro atoms. The molecule has 0 amide bonds. The van der Waals surface area contributed by atoms with Crippen LogP contribution in [0.2, 0.25) is 5.02 Å². The van der Waals surface area contributed by atoms with Gasteiger partial charge in [-0.05, 0) is 55.8 Å². The maximum atomic E-state index is 11.0. The number of carbonyl (C=O) groups is 1. The fourth-order valence-electron chi connectivity index (χ4n) is 3.95. The van der Waals surface area contributed by atoms with E-state index in [1.165, 1.54) is 38.5 Å². The number of fused-ring (bicyclic) bond motifs is 1. The SMILES string of the molecule is O=C(O)c1ccc(CN2CCCC3CCCCC32)c(Cl)c1. The monoisotopic (exact) mass is 307 g/mol. The van der Waals surface area contributed by atoms with Crippen LogP contribution < -0.4 is 0 Å². The summed E-state index contributed by atoms with van der Waals surface area (Å²) in [5.74, 6) is -0.0710. The Morgan fingerprint density at radius 3 is 2.76 bits per heavy atom. The fourth-order valence-corrected chi connectivity index (χ4v) is 4.19. The van der Waals surface area contributed by atoms with Crippen molar-refractivity contribution in [3.05, 3.63) is 34.3 Å². The van der Waals surface area contributed by atoms with Gasteiger partial charge in [0.25, 0.3) is 0 Å². The van der Waals surface area contributed by atoms with Crippen LogP contribution in [0.1, 0.15) is 54.4 Å². The van der Waals surface area contributed by atoms with Crippen LogP contribution in [0.15, 0.2) is 18.2 Å². The normalized spacial score (nSPS) is 26.3. The summed E-state index contributed by atoms with van der Waals surface area (Å²) >= 11 is 6.28. The predicted molar refractivity (Wildman–Crippen MR) is 83.8 cm³/mol. The van der Waals surface area contributed by atoms with Gasteiger partial charge in [0, 0.05) is 17.6 Å². The van der Waals surface area contributed by atoms with Gasteiger partial charge in [-0.25, -0.2) is 4.79 Å². The summed E-state index contributed by atoms with van der Waals surface area (Å²) in [6, 6.07) is 5.80. The zero-order chi connectivity index (χ0) is 14.8. The van der Waals surface area contributed by atoms with E-state index >= 15 is 0 Å². The second kappa shape index (κ2) is 6.37. The van der Waals surface area contributed by atoms with Crippen molar-refractivity contribution >= 4 is 17.6 Å². The molecular formula is C17H22ClNO2. The number of likely N-dealkylation sites (tertiary alicyclic amines) is 1. The summed E-state index contributed by atoms with van der Waals surface area (Å²) in [5.41, 5.74) is 1.31. The smallest absolute Gasteiger partial charge is 0.335 e. The van der Waals surface area contributed by atoms with E-state index in [1.54, 1.807) is 12.1 Å². The van der Waals surface area contributed by atoms with E-state index in [2.05, 4.69) is 4.90 Å². The number of piperidine rings is 1. The van der Waals surface area contributed by atoms with Crippen molar-refractivity contribution in [1.29, 1.82) is 0 Å². The second-order valence-electron chi connectivity index (χ2n) is 6.34. The van der Waals surface area contributed by atoms with Crippen molar-refractivity contribution in [1.82, 2.24) is 4.90 Å². The quantitative estimate of drug-likeness (QED) is 0.910. The van der Waals surface area contributed by atoms with E-state index < -0.39 is 5.97 Å². The van der Waals surface area contributed by atoms with Gasteiger partial charge in [-0.15, -0.1) is 0 Å². The van der Waals surface area contributed by atoms with Gasteiger partial charge in [-0.1, -0.05) is 30.5 Å². The zero-order valence-electron chi connectivity index (χ0n) is 12.2. The summed E-state index contributed by atoms with van der Waals surface area (Å²) < 4.78 is 0. The van der Waals surface area contributed by atoms with Gasteiger partial charge in [0.1, 0.15) is 0 Å². The van der Waals surface area contributed by atoms with Crippen molar-refractivity contribution < 1.29 is 9.90 Å². The molecule has 2 aliphatic rings. The zero-order valence-corrected chi connectivity index (χ0v) is 13.0. The molecule has 2 atom stereocenters. The van der Waals surface area contributed by atoms with Crippen LogP contribution >= 0.6 is 11.6 Å². The lowest BCUT2D eigenvalue weighted by molar-refractivity contribution is 0.0547. The third kappa shape index (κ3) is 3.24. The number of carboxylic acids is 1. The van der Waals surface area contributed by atoms with E-state index in [9.17, 15) is 4.79 Å². The minimum atomic E-state index is -0.922. The highest BCUT2D eigenvalue weighted by Gasteiger charge is 2.33. The molecule has 3 rings (SSSR count). The van der Waals surface area contributed by atoms with Crippen molar-refractivity contribution in [3.63, 3.8) is 0 Å². The predicted octanol–water partition coefficient (Wildman–Crippen LogP) is 4.19. The minimum absolute atomic E-state index is 0.262. The first-order valence-electron chi connectivity index (χ1n) is 7.91. The molecule has 21 heavy (non-hydrogen) atoms. The van der Waals surface area contributed by atoms with Crippen LogP contribution in [0.3, 0.4) is 0 Å². The Balaban J connectivity index is 1.74. The van der Waals surface area contributed by atoms with E-state index in [4.69, 9.17) is 16.7 Å². The molecule has 0 radical (unpaired) electrons. The number of hydrogen-bond acceptors (Lipinski definition) is 2. The number of rotatable bonds is 3. The second-order valence-corrected chi connectivity index (χ2v) is 6.74. The first-order chi connectivity index (χ1) is 10.1. The average Bonchev–Trinajstić information content (AvgIpc) is 2.49. The highest BCUT2D eigenvalue weighted by molar-refractivity contribution is 6.31. The summed E-state index contributed by atoms with van der Waals surface area (Å²) in [6.45, 7) is 1.98. The lowest BCUT2D eigenvalue weighted by atomic mass is 9.78. The first kappa shape index (κ1) is 14.9. The number of benzene rings is 1. The Morgan fingerprint density at radius 1 is 1.24 bits per heavy atom. The molecule has 114 valence electrons. The van der Waals surface area contributed by atoms with Crippen LogP contribution in [0, 0.1) is 5.92 Å². The summed E-state index contributed by atoms with van der Waals surface area (Å²) in [7, 11) is 0. The largest absolute Gasteiger partial charge is 0.478 e. The molecule has 1 heterocycles. The highest BCUT2D eigenvalue weighted by atomic mass is 35.5. The Morgan fingerprint density at radius 2 is 2.00 bits per heavy atom. The Hall–Kier alpha value is -1.06. The molecule has 4 heteroatoms. The maximum absolute atomic E-state index is 11.0. The molecule has 1 saturated heterocycles. The number of nitrogens with zero attached hydrogens (tertiary/aromatic N) is 1. The molecule has 1 aromatic rings. The Kier molecular flexibility index (Phi) is 4.51. The third-order valence-electron chi connectivity index (χ3n) is 5.03. The standard InChI is InChI=1S/C17H22ClNO2/c18-15-10-13(17(20)21)7-8-14(15)11-19-9-3-5-12-4-1-2-6-16(12)19/h7-8,10,12,16H,1-6,9,11H2,(H,20,21). The van der Waals surface area contributed by atoms with Gasteiger partial charge >= 0.3 is 5.97 Å². The maximum Gasteiger partial charge on any atom is 0.335 e. The molecule has 0 aromatic heterocycles. The molecule has 1 N–H and O–H groups in total. The Bertz CT molecular complexity index is 530. The molecule has 1 saturated carbocycles.